The van der Waals surface area contributed by atoms with Crippen LogP contribution in [0.4, 0.5) is 10.5 Å². The molecule has 0 aliphatic heterocycles. The first-order chi connectivity index (χ1) is 19.7. The Bertz CT molecular complexity index is 1540. The van der Waals surface area contributed by atoms with Gasteiger partial charge in [0.15, 0.2) is 0 Å². The smallest absolute Gasteiger partial charge is 0.412 e. The number of ether oxygens (including phenoxy) is 1. The fourth-order valence-corrected chi connectivity index (χ4v) is 5.19. The van der Waals surface area contributed by atoms with Gasteiger partial charge in [0.05, 0.1) is 29.6 Å². The average molecular weight is 543 g/mol. The standard InChI is InChI=1S/C35H34N4O2/c1-25(31-22-21-30(23-36-31)38-33(40)41-34(3,4)5)32-26(2)39(24-37-32)35(27-15-9-6-10-16-27,28-17-11-7-12-18-28)29-19-13-8-14-20-29/h6-24H,1H2,2-5H3,(H,38,40). The lowest BCUT2D eigenvalue weighted by Crippen LogP contribution is -2.38. The number of imidazole rings is 1. The zero-order valence-corrected chi connectivity index (χ0v) is 23.8. The van der Waals surface area contributed by atoms with Crippen molar-refractivity contribution in [3.05, 3.63) is 156 Å². The van der Waals surface area contributed by atoms with Crippen molar-refractivity contribution in [2.75, 3.05) is 5.32 Å². The molecule has 5 aromatic rings. The predicted octanol–water partition coefficient (Wildman–Crippen LogP) is 7.84. The van der Waals surface area contributed by atoms with Crippen LogP contribution in [0.25, 0.3) is 5.57 Å². The maximum Gasteiger partial charge on any atom is 0.412 e. The predicted molar refractivity (Wildman–Crippen MR) is 164 cm³/mol. The van der Waals surface area contributed by atoms with Crippen molar-refractivity contribution in [3.63, 3.8) is 0 Å². The maximum atomic E-state index is 12.2. The molecule has 0 bridgehead atoms. The highest BCUT2D eigenvalue weighted by Crippen LogP contribution is 2.42. The molecule has 6 heteroatoms. The van der Waals surface area contributed by atoms with Crippen molar-refractivity contribution >= 4 is 17.4 Å². The number of nitrogens with one attached hydrogen (secondary N) is 1. The van der Waals surface area contributed by atoms with E-state index in [0.717, 1.165) is 28.1 Å². The molecule has 0 saturated heterocycles. The summed E-state index contributed by atoms with van der Waals surface area (Å²) in [6.07, 6.45) is 2.96. The second kappa shape index (κ2) is 11.3. The summed E-state index contributed by atoms with van der Waals surface area (Å²) in [5, 5.41) is 2.72. The number of pyridine rings is 1. The molecule has 2 heterocycles. The van der Waals surface area contributed by atoms with E-state index in [1.54, 1.807) is 12.3 Å². The molecule has 0 fully saturated rings. The fourth-order valence-electron chi connectivity index (χ4n) is 5.19. The number of hydrogen-bond donors (Lipinski definition) is 1. The van der Waals surface area contributed by atoms with Gasteiger partial charge in [0.1, 0.15) is 11.1 Å². The number of anilines is 1. The van der Waals surface area contributed by atoms with E-state index in [2.05, 4.69) is 101 Å². The van der Waals surface area contributed by atoms with E-state index < -0.39 is 17.2 Å². The van der Waals surface area contributed by atoms with Crippen LogP contribution in [0.1, 0.15) is 54.5 Å². The molecule has 0 saturated carbocycles. The highest BCUT2D eigenvalue weighted by atomic mass is 16.6. The van der Waals surface area contributed by atoms with Crippen LogP contribution in [-0.2, 0) is 10.3 Å². The van der Waals surface area contributed by atoms with E-state index in [9.17, 15) is 4.79 Å². The minimum atomic E-state index is -0.673. The fraction of sp³-hybridized carbons (Fsp3) is 0.171. The Morgan fingerprint density at radius 3 is 1.73 bits per heavy atom. The molecule has 206 valence electrons. The lowest BCUT2D eigenvalue weighted by Gasteiger charge is -2.38. The zero-order valence-electron chi connectivity index (χ0n) is 23.8. The van der Waals surface area contributed by atoms with Gasteiger partial charge in [-0.25, -0.2) is 9.78 Å². The number of hydrogen-bond acceptors (Lipinski definition) is 4. The molecule has 5 rings (SSSR count). The molecule has 0 radical (unpaired) electrons. The molecule has 0 aliphatic carbocycles. The quantitative estimate of drug-likeness (QED) is 0.213. The highest BCUT2D eigenvalue weighted by molar-refractivity contribution is 5.85. The van der Waals surface area contributed by atoms with Gasteiger partial charge in [-0.2, -0.15) is 0 Å². The summed E-state index contributed by atoms with van der Waals surface area (Å²) < 4.78 is 7.57. The second-order valence-electron chi connectivity index (χ2n) is 10.9. The van der Waals surface area contributed by atoms with Gasteiger partial charge in [-0.15, -0.1) is 0 Å². The van der Waals surface area contributed by atoms with Crippen LogP contribution in [0.5, 0.6) is 0 Å². The first kappa shape index (κ1) is 27.6. The lowest BCUT2D eigenvalue weighted by molar-refractivity contribution is 0.0636. The maximum absolute atomic E-state index is 12.2. The molecule has 6 nitrogen and oxygen atoms in total. The van der Waals surface area contributed by atoms with E-state index >= 15 is 0 Å². The molecular formula is C35H34N4O2. The van der Waals surface area contributed by atoms with Crippen molar-refractivity contribution < 1.29 is 9.53 Å². The van der Waals surface area contributed by atoms with E-state index in [-0.39, 0.29) is 0 Å². The summed E-state index contributed by atoms with van der Waals surface area (Å²) in [4.78, 5) is 21.6. The van der Waals surface area contributed by atoms with Gasteiger partial charge in [0.2, 0.25) is 0 Å². The van der Waals surface area contributed by atoms with Crippen LogP contribution in [0.2, 0.25) is 0 Å². The number of carbonyl (C=O) groups excluding carboxylic acids is 1. The third-order valence-corrected chi connectivity index (χ3v) is 6.95. The first-order valence-electron chi connectivity index (χ1n) is 13.6. The molecule has 1 amide bonds. The minimum absolute atomic E-state index is 0.528. The molecule has 3 aromatic carbocycles. The van der Waals surface area contributed by atoms with Crippen LogP contribution >= 0.6 is 0 Å². The van der Waals surface area contributed by atoms with Gasteiger partial charge in [0, 0.05) is 11.3 Å². The molecular weight excluding hydrogens is 508 g/mol. The number of nitrogens with zero attached hydrogens (tertiary/aromatic N) is 3. The van der Waals surface area contributed by atoms with Crippen molar-refractivity contribution in [1.82, 2.24) is 14.5 Å². The average Bonchev–Trinajstić information content (AvgIpc) is 3.35. The van der Waals surface area contributed by atoms with Crippen LogP contribution in [0.3, 0.4) is 0 Å². The SMILES string of the molecule is C=C(c1ccc(NC(=O)OC(C)(C)C)cn1)c1ncn(C(c2ccccc2)(c2ccccc2)c2ccccc2)c1C. The Balaban J connectivity index is 1.57. The van der Waals surface area contributed by atoms with E-state index in [4.69, 9.17) is 9.72 Å². The van der Waals surface area contributed by atoms with Gasteiger partial charge >= 0.3 is 6.09 Å². The van der Waals surface area contributed by atoms with Gasteiger partial charge < -0.3 is 9.30 Å². The third kappa shape index (κ3) is 5.54. The molecule has 1 N–H and O–H groups in total. The normalized spacial score (nSPS) is 11.6. The van der Waals surface area contributed by atoms with Gasteiger partial charge in [0.25, 0.3) is 0 Å². The third-order valence-electron chi connectivity index (χ3n) is 6.95. The Morgan fingerprint density at radius 2 is 1.29 bits per heavy atom. The molecule has 0 atom stereocenters. The van der Waals surface area contributed by atoms with Crippen LogP contribution < -0.4 is 5.32 Å². The van der Waals surface area contributed by atoms with E-state index in [1.807, 2.05) is 51.4 Å². The Hall–Kier alpha value is -4.97. The summed E-state index contributed by atoms with van der Waals surface area (Å²) in [5.41, 5.74) is 5.68. The van der Waals surface area contributed by atoms with Crippen LogP contribution in [0, 0.1) is 6.92 Å². The van der Waals surface area contributed by atoms with E-state index in [0.29, 0.717) is 17.0 Å². The summed E-state index contributed by atoms with van der Waals surface area (Å²) in [5.74, 6) is 0. The number of amides is 1. The zero-order chi connectivity index (χ0) is 29.0. The molecule has 41 heavy (non-hydrogen) atoms. The minimum Gasteiger partial charge on any atom is -0.444 e. The van der Waals surface area contributed by atoms with Crippen molar-refractivity contribution in [1.29, 1.82) is 0 Å². The summed E-state index contributed by atoms with van der Waals surface area (Å²) in [6, 6.07) is 35.1. The molecule has 2 aromatic heterocycles. The largest absolute Gasteiger partial charge is 0.444 e. The van der Waals surface area contributed by atoms with Crippen molar-refractivity contribution in [2.45, 2.75) is 38.8 Å². The summed E-state index contributed by atoms with van der Waals surface area (Å²) >= 11 is 0. The number of aromatic nitrogens is 3. The van der Waals surface area contributed by atoms with Gasteiger partial charge in [-0.3, -0.25) is 10.3 Å². The number of carbonyl (C=O) groups is 1. The van der Waals surface area contributed by atoms with Gasteiger partial charge in [-0.1, -0.05) is 97.6 Å². The number of benzene rings is 3. The first-order valence-corrected chi connectivity index (χ1v) is 13.6. The Kier molecular flexibility index (Phi) is 7.58. The molecule has 0 unspecified atom stereocenters. The monoisotopic (exact) mass is 542 g/mol. The molecule has 0 aliphatic rings. The Labute approximate surface area is 241 Å². The topological polar surface area (TPSA) is 69.0 Å². The van der Waals surface area contributed by atoms with Gasteiger partial charge in [-0.05, 0) is 56.5 Å². The van der Waals surface area contributed by atoms with Crippen LogP contribution in [0.15, 0.2) is 122 Å². The second-order valence-corrected chi connectivity index (χ2v) is 10.9. The highest BCUT2D eigenvalue weighted by Gasteiger charge is 2.39. The van der Waals surface area contributed by atoms with Crippen molar-refractivity contribution in [3.8, 4) is 0 Å². The lowest BCUT2D eigenvalue weighted by atomic mass is 9.76. The van der Waals surface area contributed by atoms with E-state index in [1.165, 1.54) is 0 Å². The van der Waals surface area contributed by atoms with Crippen molar-refractivity contribution in [2.24, 2.45) is 0 Å². The Morgan fingerprint density at radius 1 is 0.780 bits per heavy atom. The van der Waals surface area contributed by atoms with Crippen LogP contribution in [-0.4, -0.2) is 26.2 Å². The molecule has 0 spiro atoms. The summed E-state index contributed by atoms with van der Waals surface area (Å²) in [6.45, 7) is 11.9. The number of rotatable bonds is 7. The summed E-state index contributed by atoms with van der Waals surface area (Å²) in [7, 11) is 0.